The number of piperazine rings is 1. The van der Waals surface area contributed by atoms with Crippen molar-refractivity contribution in [2.45, 2.75) is 25.4 Å². The van der Waals surface area contributed by atoms with Gasteiger partial charge in [0.05, 0.1) is 6.04 Å². The van der Waals surface area contributed by atoms with Crippen LogP contribution in [0.1, 0.15) is 18.4 Å². The third kappa shape index (κ3) is 7.00. The lowest BCUT2D eigenvalue weighted by Gasteiger charge is -2.35. The molecule has 1 aromatic heterocycles. The number of benzene rings is 1. The number of carbonyl (C=O) groups excluding carboxylic acids is 1. The number of halogens is 3. The van der Waals surface area contributed by atoms with E-state index < -0.39 is 0 Å². The third-order valence-corrected chi connectivity index (χ3v) is 5.35. The van der Waals surface area contributed by atoms with E-state index in [4.69, 9.17) is 0 Å². The molecule has 2 aliphatic heterocycles. The molecule has 3 heterocycles. The zero-order chi connectivity index (χ0) is 18.5. The van der Waals surface area contributed by atoms with Gasteiger partial charge in [0.2, 0.25) is 5.91 Å². The van der Waals surface area contributed by atoms with Crippen LogP contribution < -0.4 is 15.5 Å². The van der Waals surface area contributed by atoms with Gasteiger partial charge in [-0.05, 0) is 49.2 Å². The summed E-state index contributed by atoms with van der Waals surface area (Å²) in [4.78, 5) is 21.4. The quantitative estimate of drug-likeness (QED) is 0.696. The highest BCUT2D eigenvalue weighted by atomic mass is 35.5. The fourth-order valence-electron chi connectivity index (χ4n) is 3.77. The van der Waals surface area contributed by atoms with Gasteiger partial charge in [-0.15, -0.1) is 37.2 Å². The summed E-state index contributed by atoms with van der Waals surface area (Å²) in [5.74, 6) is 1.14. The first kappa shape index (κ1) is 26.5. The minimum absolute atomic E-state index is 0. The number of pyridine rings is 1. The molecule has 1 amide bonds. The molecule has 1 unspecified atom stereocenters. The van der Waals surface area contributed by atoms with Crippen molar-refractivity contribution in [2.24, 2.45) is 0 Å². The predicted molar refractivity (Wildman–Crippen MR) is 130 cm³/mol. The molecule has 0 radical (unpaired) electrons. The van der Waals surface area contributed by atoms with E-state index in [-0.39, 0.29) is 49.2 Å². The molecule has 6 nitrogen and oxygen atoms in total. The second-order valence-corrected chi connectivity index (χ2v) is 7.29. The van der Waals surface area contributed by atoms with E-state index in [1.807, 2.05) is 30.5 Å². The van der Waals surface area contributed by atoms with Crippen LogP contribution in [0.25, 0.3) is 0 Å². The smallest absolute Gasteiger partial charge is 0.241 e. The van der Waals surface area contributed by atoms with Crippen LogP contribution in [0.5, 0.6) is 0 Å². The molecule has 2 aliphatic rings. The summed E-state index contributed by atoms with van der Waals surface area (Å²) >= 11 is 0. The van der Waals surface area contributed by atoms with Gasteiger partial charge in [-0.25, -0.2) is 4.98 Å². The summed E-state index contributed by atoms with van der Waals surface area (Å²) in [7, 11) is 0. The van der Waals surface area contributed by atoms with Gasteiger partial charge in [-0.2, -0.15) is 0 Å². The van der Waals surface area contributed by atoms with E-state index in [1.54, 1.807) is 0 Å². The molecule has 166 valence electrons. The second-order valence-electron chi connectivity index (χ2n) is 7.29. The Balaban J connectivity index is 0.00000150. The van der Waals surface area contributed by atoms with E-state index in [9.17, 15) is 4.79 Å². The molecule has 9 heteroatoms. The van der Waals surface area contributed by atoms with Crippen LogP contribution in [0.3, 0.4) is 0 Å². The third-order valence-electron chi connectivity index (χ3n) is 5.35. The highest BCUT2D eigenvalue weighted by Crippen LogP contribution is 2.16. The average Bonchev–Trinajstić information content (AvgIpc) is 3.26. The van der Waals surface area contributed by atoms with E-state index >= 15 is 0 Å². The van der Waals surface area contributed by atoms with Gasteiger partial charge in [0.1, 0.15) is 5.82 Å². The Kier molecular flexibility index (Phi) is 11.4. The lowest BCUT2D eigenvalue weighted by atomic mass is 10.1. The summed E-state index contributed by atoms with van der Waals surface area (Å²) in [6.45, 7) is 5.93. The predicted octanol–water partition coefficient (Wildman–Crippen LogP) is 3.36. The van der Waals surface area contributed by atoms with Crippen LogP contribution in [-0.4, -0.2) is 54.6 Å². The SMILES string of the molecule is Cl.Cl.Cl.O=C(Nc1ccc(CN2CCN(c3ccccn3)CC2)cc1)C1CCCN1. The summed E-state index contributed by atoms with van der Waals surface area (Å²) in [5.41, 5.74) is 2.15. The Morgan fingerprint density at radius 2 is 1.77 bits per heavy atom. The molecule has 1 atom stereocenters. The first-order valence-electron chi connectivity index (χ1n) is 9.79. The van der Waals surface area contributed by atoms with E-state index in [0.29, 0.717) is 0 Å². The molecule has 0 saturated carbocycles. The second kappa shape index (κ2) is 13.0. The Morgan fingerprint density at radius 1 is 1.03 bits per heavy atom. The van der Waals surface area contributed by atoms with Crippen LogP contribution in [0, 0.1) is 0 Å². The molecule has 0 spiro atoms. The van der Waals surface area contributed by atoms with Crippen molar-refractivity contribution in [2.75, 3.05) is 42.9 Å². The first-order valence-corrected chi connectivity index (χ1v) is 9.79. The topological polar surface area (TPSA) is 60.5 Å². The van der Waals surface area contributed by atoms with Crippen LogP contribution in [-0.2, 0) is 11.3 Å². The molecule has 2 N–H and O–H groups in total. The van der Waals surface area contributed by atoms with Gasteiger partial charge in [-0.1, -0.05) is 18.2 Å². The van der Waals surface area contributed by atoms with Gasteiger partial charge >= 0.3 is 0 Å². The lowest BCUT2D eigenvalue weighted by Crippen LogP contribution is -2.46. The van der Waals surface area contributed by atoms with Gasteiger partial charge < -0.3 is 15.5 Å². The molecular weight excluding hydrogens is 445 g/mol. The summed E-state index contributed by atoms with van der Waals surface area (Å²) in [6.07, 6.45) is 3.85. The first-order chi connectivity index (χ1) is 13.3. The Morgan fingerprint density at radius 3 is 2.37 bits per heavy atom. The van der Waals surface area contributed by atoms with Crippen molar-refractivity contribution in [3.05, 3.63) is 54.2 Å². The molecule has 2 saturated heterocycles. The van der Waals surface area contributed by atoms with E-state index in [1.165, 1.54) is 5.56 Å². The normalized spacial score (nSPS) is 18.5. The van der Waals surface area contributed by atoms with Crippen molar-refractivity contribution < 1.29 is 4.79 Å². The fourth-order valence-corrected chi connectivity index (χ4v) is 3.77. The summed E-state index contributed by atoms with van der Waals surface area (Å²) in [6, 6.07) is 14.3. The number of hydrogen-bond acceptors (Lipinski definition) is 5. The molecule has 2 aromatic rings. The molecule has 30 heavy (non-hydrogen) atoms. The van der Waals surface area contributed by atoms with E-state index in [2.05, 4.69) is 43.6 Å². The highest BCUT2D eigenvalue weighted by molar-refractivity contribution is 5.95. The van der Waals surface area contributed by atoms with Crippen molar-refractivity contribution in [3.8, 4) is 0 Å². The van der Waals surface area contributed by atoms with Crippen molar-refractivity contribution in [1.82, 2.24) is 15.2 Å². The summed E-state index contributed by atoms with van der Waals surface area (Å²) in [5, 5.41) is 6.24. The van der Waals surface area contributed by atoms with Crippen LogP contribution >= 0.6 is 37.2 Å². The molecule has 2 fully saturated rings. The van der Waals surface area contributed by atoms with Crippen molar-refractivity contribution in [3.63, 3.8) is 0 Å². The Labute approximate surface area is 197 Å². The average molecular weight is 475 g/mol. The number of nitrogens with zero attached hydrogens (tertiary/aromatic N) is 3. The van der Waals surface area contributed by atoms with Crippen molar-refractivity contribution >= 4 is 54.6 Å². The standard InChI is InChI=1S/C21H27N5O.3ClH/c27-21(19-4-3-11-22-19)24-18-8-6-17(7-9-18)16-25-12-14-26(15-13-25)20-5-1-2-10-23-20;;;/h1-2,5-10,19,22H,3-4,11-16H2,(H,24,27);3*1H. The molecular formula is C21H30Cl3N5O. The zero-order valence-corrected chi connectivity index (χ0v) is 19.3. The number of hydrogen-bond donors (Lipinski definition) is 2. The maximum atomic E-state index is 12.2. The number of anilines is 2. The van der Waals surface area contributed by atoms with Crippen LogP contribution in [0.4, 0.5) is 11.5 Å². The number of carbonyl (C=O) groups is 1. The largest absolute Gasteiger partial charge is 0.354 e. The van der Waals surface area contributed by atoms with Crippen LogP contribution in [0.15, 0.2) is 48.7 Å². The van der Waals surface area contributed by atoms with Gasteiger partial charge in [-0.3, -0.25) is 9.69 Å². The minimum atomic E-state index is -0.0416. The monoisotopic (exact) mass is 473 g/mol. The lowest BCUT2D eigenvalue weighted by molar-refractivity contribution is -0.117. The molecule has 4 rings (SSSR count). The molecule has 0 aliphatic carbocycles. The van der Waals surface area contributed by atoms with Gasteiger partial charge in [0.25, 0.3) is 0 Å². The fraction of sp³-hybridized carbons (Fsp3) is 0.429. The number of nitrogens with one attached hydrogen (secondary N) is 2. The van der Waals surface area contributed by atoms with Crippen molar-refractivity contribution in [1.29, 1.82) is 0 Å². The number of aromatic nitrogens is 1. The Bertz CT molecular complexity index is 749. The minimum Gasteiger partial charge on any atom is -0.354 e. The van der Waals surface area contributed by atoms with Gasteiger partial charge in [0.15, 0.2) is 0 Å². The molecule has 1 aromatic carbocycles. The molecule has 0 bridgehead atoms. The van der Waals surface area contributed by atoms with Crippen LogP contribution in [0.2, 0.25) is 0 Å². The maximum absolute atomic E-state index is 12.2. The summed E-state index contributed by atoms with van der Waals surface area (Å²) < 4.78 is 0. The number of amides is 1. The maximum Gasteiger partial charge on any atom is 0.241 e. The van der Waals surface area contributed by atoms with Gasteiger partial charge in [0, 0.05) is 44.6 Å². The zero-order valence-electron chi connectivity index (χ0n) is 16.8. The Hall–Kier alpha value is -1.57. The number of rotatable bonds is 5. The highest BCUT2D eigenvalue weighted by Gasteiger charge is 2.22. The van der Waals surface area contributed by atoms with E-state index in [0.717, 1.165) is 63.6 Å².